The molecule has 0 amide bonds. The van der Waals surface area contributed by atoms with Crippen LogP contribution in [0.4, 0.5) is 5.82 Å². The van der Waals surface area contributed by atoms with E-state index in [4.69, 9.17) is 23.1 Å². The van der Waals surface area contributed by atoms with Crippen LogP contribution in [-0.4, -0.2) is 22.6 Å². The zero-order chi connectivity index (χ0) is 10.6. The Balaban J connectivity index is 2.96. The van der Waals surface area contributed by atoms with Gasteiger partial charge in [-0.2, -0.15) is 0 Å². The van der Waals surface area contributed by atoms with Gasteiger partial charge in [0.25, 0.3) is 0 Å². The molecule has 0 bridgehead atoms. The summed E-state index contributed by atoms with van der Waals surface area (Å²) in [6.07, 6.45) is 6.29. The van der Waals surface area contributed by atoms with Crippen LogP contribution in [0, 0.1) is 12.3 Å². The Morgan fingerprint density at radius 3 is 3.07 bits per heavy atom. The molecule has 14 heavy (non-hydrogen) atoms. The van der Waals surface area contributed by atoms with Gasteiger partial charge in [0.2, 0.25) is 0 Å². The van der Waals surface area contributed by atoms with Crippen molar-refractivity contribution in [1.29, 1.82) is 0 Å². The van der Waals surface area contributed by atoms with Crippen molar-refractivity contribution < 1.29 is 9.90 Å². The summed E-state index contributed by atoms with van der Waals surface area (Å²) in [6.45, 7) is 0.285. The Hall–Kier alpha value is -1.73. The average Bonchev–Trinajstić information content (AvgIpc) is 2.16. The predicted octanol–water partition coefficient (Wildman–Crippen LogP) is 1.48. The molecular formula is C9H7ClN2O2. The van der Waals surface area contributed by atoms with Crippen LogP contribution in [-0.2, 0) is 0 Å². The number of pyridine rings is 1. The normalized spacial score (nSPS) is 9.14. The highest BCUT2D eigenvalue weighted by Gasteiger charge is 2.09. The van der Waals surface area contributed by atoms with E-state index in [2.05, 4.69) is 16.2 Å². The van der Waals surface area contributed by atoms with Crippen LogP contribution in [0.15, 0.2) is 12.3 Å². The molecule has 0 saturated carbocycles. The first-order valence-electron chi connectivity index (χ1n) is 3.71. The molecule has 0 spiro atoms. The molecule has 1 aromatic rings. The summed E-state index contributed by atoms with van der Waals surface area (Å²) in [5.74, 6) is 1.65. The first-order chi connectivity index (χ1) is 6.65. The highest BCUT2D eigenvalue weighted by Crippen LogP contribution is 2.17. The van der Waals surface area contributed by atoms with Crippen LogP contribution in [0.1, 0.15) is 10.4 Å². The maximum atomic E-state index is 10.7. The van der Waals surface area contributed by atoms with E-state index >= 15 is 0 Å². The summed E-state index contributed by atoms with van der Waals surface area (Å²) in [5, 5.41) is 11.6. The van der Waals surface area contributed by atoms with E-state index in [1.165, 1.54) is 12.3 Å². The highest BCUT2D eigenvalue weighted by molar-refractivity contribution is 6.33. The van der Waals surface area contributed by atoms with Crippen molar-refractivity contribution in [1.82, 2.24) is 4.98 Å². The molecule has 1 aromatic heterocycles. The van der Waals surface area contributed by atoms with Crippen LogP contribution in [0.3, 0.4) is 0 Å². The third-order valence-electron chi connectivity index (χ3n) is 1.46. The molecule has 0 aliphatic heterocycles. The van der Waals surface area contributed by atoms with Crippen LogP contribution < -0.4 is 5.32 Å². The quantitative estimate of drug-likeness (QED) is 0.742. The van der Waals surface area contributed by atoms with Crippen LogP contribution in [0.25, 0.3) is 0 Å². The number of hydrogen-bond acceptors (Lipinski definition) is 3. The van der Waals surface area contributed by atoms with Crippen LogP contribution >= 0.6 is 11.6 Å². The van der Waals surface area contributed by atoms with Gasteiger partial charge in [0.05, 0.1) is 17.1 Å². The van der Waals surface area contributed by atoms with Crippen molar-refractivity contribution >= 4 is 23.4 Å². The molecule has 0 saturated heterocycles. The molecule has 1 rings (SSSR count). The number of aromatic carboxylic acids is 1. The summed E-state index contributed by atoms with van der Waals surface area (Å²) in [5.41, 5.74) is 0.00110. The number of carbonyl (C=O) groups is 1. The average molecular weight is 211 g/mol. The van der Waals surface area contributed by atoms with Crippen molar-refractivity contribution in [3.8, 4) is 12.3 Å². The molecule has 0 aliphatic rings. The Kier molecular flexibility index (Phi) is 3.32. The van der Waals surface area contributed by atoms with Gasteiger partial charge < -0.3 is 10.4 Å². The van der Waals surface area contributed by atoms with Crippen molar-refractivity contribution in [2.24, 2.45) is 0 Å². The van der Waals surface area contributed by atoms with Gasteiger partial charge in [-0.3, -0.25) is 0 Å². The lowest BCUT2D eigenvalue weighted by atomic mass is 10.2. The van der Waals surface area contributed by atoms with E-state index in [1.807, 2.05) is 0 Å². The first kappa shape index (κ1) is 10.4. The fourth-order valence-electron chi connectivity index (χ4n) is 0.841. The standard InChI is InChI=1S/C9H7ClN2O2/c1-2-3-11-8-4-6(9(13)14)7(10)5-12-8/h1,4-5H,3H2,(H,11,12)(H,13,14). The van der Waals surface area contributed by atoms with Crippen molar-refractivity contribution in [3.63, 3.8) is 0 Å². The van der Waals surface area contributed by atoms with Gasteiger partial charge in [0.1, 0.15) is 5.82 Å². The van der Waals surface area contributed by atoms with Gasteiger partial charge in [-0.1, -0.05) is 17.5 Å². The molecular weight excluding hydrogens is 204 g/mol. The van der Waals surface area contributed by atoms with Gasteiger partial charge in [-0.25, -0.2) is 9.78 Å². The molecule has 72 valence electrons. The summed E-state index contributed by atoms with van der Waals surface area (Å²) in [7, 11) is 0. The number of carboxylic acid groups (broad SMARTS) is 1. The number of aromatic nitrogens is 1. The second-order valence-corrected chi connectivity index (χ2v) is 2.82. The maximum absolute atomic E-state index is 10.7. The predicted molar refractivity (Wildman–Crippen MR) is 53.5 cm³/mol. The summed E-state index contributed by atoms with van der Waals surface area (Å²) in [6, 6.07) is 1.34. The summed E-state index contributed by atoms with van der Waals surface area (Å²) < 4.78 is 0. The monoisotopic (exact) mass is 210 g/mol. The van der Waals surface area contributed by atoms with Gasteiger partial charge >= 0.3 is 5.97 Å². The number of terminal acetylenes is 1. The number of hydrogen-bond donors (Lipinski definition) is 2. The van der Waals surface area contributed by atoms with Gasteiger partial charge in [-0.05, 0) is 6.07 Å². The lowest BCUT2D eigenvalue weighted by molar-refractivity contribution is 0.0697. The molecule has 0 unspecified atom stereocenters. The first-order valence-corrected chi connectivity index (χ1v) is 4.09. The van der Waals surface area contributed by atoms with E-state index < -0.39 is 5.97 Å². The Labute approximate surface area is 85.9 Å². The van der Waals surface area contributed by atoms with Crippen LogP contribution in [0.5, 0.6) is 0 Å². The molecule has 0 atom stereocenters. The fourth-order valence-corrected chi connectivity index (χ4v) is 1.03. The SMILES string of the molecule is C#CCNc1cc(C(=O)O)c(Cl)cn1. The topological polar surface area (TPSA) is 62.2 Å². The van der Waals surface area contributed by atoms with E-state index in [-0.39, 0.29) is 17.1 Å². The summed E-state index contributed by atoms with van der Waals surface area (Å²) >= 11 is 5.61. The molecule has 5 heteroatoms. The minimum Gasteiger partial charge on any atom is -0.478 e. The number of rotatable bonds is 3. The second-order valence-electron chi connectivity index (χ2n) is 2.41. The zero-order valence-electron chi connectivity index (χ0n) is 7.12. The van der Waals surface area contributed by atoms with Crippen molar-refractivity contribution in [2.45, 2.75) is 0 Å². The molecule has 0 radical (unpaired) electrons. The lowest BCUT2D eigenvalue weighted by Crippen LogP contribution is -2.04. The molecule has 0 aliphatic carbocycles. The Morgan fingerprint density at radius 1 is 1.79 bits per heavy atom. The molecule has 0 aromatic carbocycles. The smallest absolute Gasteiger partial charge is 0.337 e. The lowest BCUT2D eigenvalue weighted by Gasteiger charge is -2.03. The zero-order valence-corrected chi connectivity index (χ0v) is 7.88. The minimum absolute atomic E-state index is 0.00110. The largest absolute Gasteiger partial charge is 0.478 e. The highest BCUT2D eigenvalue weighted by atomic mass is 35.5. The molecule has 0 fully saturated rings. The Morgan fingerprint density at radius 2 is 2.50 bits per heavy atom. The van der Waals surface area contributed by atoms with Gasteiger partial charge in [0, 0.05) is 6.20 Å². The fraction of sp³-hybridized carbons (Fsp3) is 0.111. The number of anilines is 1. The number of nitrogens with one attached hydrogen (secondary N) is 1. The van der Waals surface area contributed by atoms with Crippen LogP contribution in [0.2, 0.25) is 5.02 Å². The van der Waals surface area contributed by atoms with E-state index in [0.717, 1.165) is 0 Å². The van der Waals surface area contributed by atoms with E-state index in [9.17, 15) is 4.79 Å². The van der Waals surface area contributed by atoms with Gasteiger partial charge in [0.15, 0.2) is 0 Å². The molecule has 4 nitrogen and oxygen atoms in total. The maximum Gasteiger partial charge on any atom is 0.337 e. The molecule has 2 N–H and O–H groups in total. The number of nitrogens with zero attached hydrogens (tertiary/aromatic N) is 1. The second kappa shape index (κ2) is 4.49. The summed E-state index contributed by atoms with van der Waals surface area (Å²) in [4.78, 5) is 14.5. The van der Waals surface area contributed by atoms with E-state index in [0.29, 0.717) is 5.82 Å². The van der Waals surface area contributed by atoms with Gasteiger partial charge in [-0.15, -0.1) is 6.42 Å². The van der Waals surface area contributed by atoms with E-state index in [1.54, 1.807) is 0 Å². The third-order valence-corrected chi connectivity index (χ3v) is 1.76. The Bertz CT molecular complexity index is 398. The third kappa shape index (κ3) is 2.38. The number of halogens is 1. The van der Waals surface area contributed by atoms with Crippen molar-refractivity contribution in [3.05, 3.63) is 22.8 Å². The minimum atomic E-state index is -1.10. The molecule has 1 heterocycles. The number of carboxylic acids is 1. The van der Waals surface area contributed by atoms with Crippen molar-refractivity contribution in [2.75, 3.05) is 11.9 Å².